The third-order valence-electron chi connectivity index (χ3n) is 3.53. The zero-order chi connectivity index (χ0) is 12.9. The fourth-order valence-corrected chi connectivity index (χ4v) is 2.64. The first-order valence-electron chi connectivity index (χ1n) is 6.31. The van der Waals surface area contributed by atoms with E-state index in [1.54, 1.807) is 0 Å². The number of hydrogen-bond acceptors (Lipinski definition) is 4. The van der Waals surface area contributed by atoms with Crippen molar-refractivity contribution in [2.45, 2.75) is 32.5 Å². The Morgan fingerprint density at radius 1 is 1.42 bits per heavy atom. The fraction of sp³-hybridized carbons (Fsp3) is 0.538. The minimum absolute atomic E-state index is 0. The van der Waals surface area contributed by atoms with Crippen molar-refractivity contribution in [2.24, 2.45) is 5.73 Å². The van der Waals surface area contributed by atoms with Gasteiger partial charge in [0.1, 0.15) is 12.4 Å². The van der Waals surface area contributed by atoms with Crippen molar-refractivity contribution in [1.29, 1.82) is 0 Å². The molecular weight excluding hydrogens is 264 g/mol. The van der Waals surface area contributed by atoms with Crippen molar-refractivity contribution in [1.82, 2.24) is 0 Å². The Hall–Kier alpha value is -0.745. The smallest absolute Gasteiger partial charge is 0.491 e. The minimum Gasteiger partial charge on any atom is -0.491 e. The van der Waals surface area contributed by atoms with Gasteiger partial charge in [0.05, 0.1) is 11.7 Å². The summed E-state index contributed by atoms with van der Waals surface area (Å²) in [5, 5.41) is 0. The molecule has 0 saturated carbocycles. The lowest BCUT2D eigenvalue weighted by Gasteiger charge is -2.25. The molecule has 4 nitrogen and oxygen atoms in total. The van der Waals surface area contributed by atoms with Gasteiger partial charge in [-0.2, -0.15) is 0 Å². The summed E-state index contributed by atoms with van der Waals surface area (Å²) in [6, 6.07) is 4.05. The molecule has 0 unspecified atom stereocenters. The van der Waals surface area contributed by atoms with Gasteiger partial charge in [-0.1, -0.05) is 6.07 Å². The van der Waals surface area contributed by atoms with Gasteiger partial charge in [0.15, 0.2) is 0 Å². The van der Waals surface area contributed by atoms with Crippen LogP contribution in [-0.4, -0.2) is 25.9 Å². The second-order valence-electron chi connectivity index (χ2n) is 5.57. The second-order valence-corrected chi connectivity index (χ2v) is 5.57. The lowest BCUT2D eigenvalue weighted by molar-refractivity contribution is 0.0281. The highest BCUT2D eigenvalue weighted by molar-refractivity contribution is 6.64. The molecule has 2 aliphatic rings. The summed E-state index contributed by atoms with van der Waals surface area (Å²) < 4.78 is 17.8. The van der Waals surface area contributed by atoms with Gasteiger partial charge in [-0.3, -0.25) is 0 Å². The van der Waals surface area contributed by atoms with Gasteiger partial charge in [-0.25, -0.2) is 0 Å². The summed E-state index contributed by atoms with van der Waals surface area (Å²) in [7, 11) is -0.360. The van der Waals surface area contributed by atoms with E-state index in [2.05, 4.69) is 13.0 Å². The quantitative estimate of drug-likeness (QED) is 0.790. The predicted molar refractivity (Wildman–Crippen MR) is 77.4 cm³/mol. The van der Waals surface area contributed by atoms with Gasteiger partial charge in [-0.15, -0.1) is 12.4 Å². The Balaban J connectivity index is 0.00000133. The molecule has 0 fully saturated rings. The Labute approximate surface area is 120 Å². The molecule has 1 aromatic rings. The van der Waals surface area contributed by atoms with Crippen LogP contribution in [0.1, 0.15) is 31.1 Å². The molecule has 104 valence electrons. The molecule has 2 N–H and O–H groups in total. The Morgan fingerprint density at radius 2 is 2.16 bits per heavy atom. The fourth-order valence-electron chi connectivity index (χ4n) is 2.64. The predicted octanol–water partition coefficient (Wildman–Crippen LogP) is 1.33. The minimum atomic E-state index is -0.363. The van der Waals surface area contributed by atoms with Gasteiger partial charge >= 0.3 is 7.12 Å². The highest BCUT2D eigenvalue weighted by Crippen LogP contribution is 2.34. The molecular formula is C13H19BClNO3. The van der Waals surface area contributed by atoms with Crippen molar-refractivity contribution in [3.05, 3.63) is 23.3 Å². The Kier molecular flexibility index (Phi) is 3.84. The molecule has 2 heterocycles. The van der Waals surface area contributed by atoms with Crippen LogP contribution < -0.4 is 15.9 Å². The number of aryl methyl sites for hydroxylation is 1. The summed E-state index contributed by atoms with van der Waals surface area (Å²) in [4.78, 5) is 0. The van der Waals surface area contributed by atoms with Crippen LogP contribution in [0.4, 0.5) is 0 Å². The van der Waals surface area contributed by atoms with Crippen molar-refractivity contribution in [3.63, 3.8) is 0 Å². The molecule has 0 aliphatic carbocycles. The van der Waals surface area contributed by atoms with Gasteiger partial charge in [0, 0.05) is 12.0 Å². The van der Waals surface area contributed by atoms with E-state index in [0.717, 1.165) is 16.8 Å². The lowest BCUT2D eigenvalue weighted by Crippen LogP contribution is -2.40. The van der Waals surface area contributed by atoms with E-state index in [4.69, 9.17) is 19.8 Å². The number of hydrogen-bond donors (Lipinski definition) is 1. The van der Waals surface area contributed by atoms with Gasteiger partial charge < -0.3 is 19.8 Å². The zero-order valence-corrected chi connectivity index (χ0v) is 12.3. The Bertz CT molecular complexity index is 495. The molecule has 0 bridgehead atoms. The van der Waals surface area contributed by atoms with E-state index in [-0.39, 0.29) is 31.2 Å². The van der Waals surface area contributed by atoms with Crippen molar-refractivity contribution < 1.29 is 14.0 Å². The first kappa shape index (κ1) is 14.7. The van der Waals surface area contributed by atoms with Gasteiger partial charge in [0.2, 0.25) is 0 Å². The van der Waals surface area contributed by atoms with Gasteiger partial charge in [-0.05, 0) is 38.0 Å². The summed E-state index contributed by atoms with van der Waals surface area (Å²) in [5.41, 5.74) is 8.77. The van der Waals surface area contributed by atoms with E-state index in [9.17, 15) is 0 Å². The van der Waals surface area contributed by atoms with E-state index in [1.165, 1.54) is 5.56 Å². The van der Waals surface area contributed by atoms with Crippen LogP contribution in [0.15, 0.2) is 12.1 Å². The third-order valence-corrected chi connectivity index (χ3v) is 3.53. The van der Waals surface area contributed by atoms with Crippen LogP contribution in [-0.2, 0) is 9.31 Å². The molecule has 0 saturated heterocycles. The number of benzene rings is 1. The summed E-state index contributed by atoms with van der Waals surface area (Å²) >= 11 is 0. The number of nitrogens with two attached hydrogens (primary N) is 1. The SMILES string of the molecule is Cc1ccc2c3c1[C@@H](CN)OB3OC(C)(C)CO2.Cl. The van der Waals surface area contributed by atoms with Crippen LogP contribution in [0.3, 0.4) is 0 Å². The van der Waals surface area contributed by atoms with Crippen LogP contribution in [0, 0.1) is 6.92 Å². The van der Waals surface area contributed by atoms with Crippen molar-refractivity contribution >= 4 is 25.0 Å². The Morgan fingerprint density at radius 3 is 2.84 bits per heavy atom. The molecule has 0 aromatic heterocycles. The number of halogens is 1. The van der Waals surface area contributed by atoms with Crippen molar-refractivity contribution in [3.8, 4) is 5.75 Å². The maximum atomic E-state index is 6.01. The molecule has 0 amide bonds. The van der Waals surface area contributed by atoms with Crippen molar-refractivity contribution in [2.75, 3.05) is 13.2 Å². The zero-order valence-electron chi connectivity index (χ0n) is 11.4. The van der Waals surface area contributed by atoms with E-state index in [0.29, 0.717) is 13.2 Å². The largest absolute Gasteiger partial charge is 0.499 e. The first-order chi connectivity index (χ1) is 8.52. The highest BCUT2D eigenvalue weighted by Gasteiger charge is 2.45. The molecule has 0 spiro atoms. The monoisotopic (exact) mass is 283 g/mol. The van der Waals surface area contributed by atoms with Crippen LogP contribution in [0.2, 0.25) is 0 Å². The average molecular weight is 284 g/mol. The van der Waals surface area contributed by atoms with E-state index in [1.807, 2.05) is 19.9 Å². The van der Waals surface area contributed by atoms with E-state index >= 15 is 0 Å². The number of rotatable bonds is 1. The van der Waals surface area contributed by atoms with E-state index < -0.39 is 0 Å². The molecule has 6 heteroatoms. The molecule has 1 atom stereocenters. The molecule has 3 rings (SSSR count). The highest BCUT2D eigenvalue weighted by atomic mass is 35.5. The summed E-state index contributed by atoms with van der Waals surface area (Å²) in [6.07, 6.45) is -0.0950. The molecule has 0 radical (unpaired) electrons. The summed E-state index contributed by atoms with van der Waals surface area (Å²) in [5.74, 6) is 0.863. The lowest BCUT2D eigenvalue weighted by atomic mass is 9.76. The van der Waals surface area contributed by atoms with Crippen LogP contribution in [0.5, 0.6) is 5.75 Å². The first-order valence-corrected chi connectivity index (χ1v) is 6.31. The second kappa shape index (κ2) is 4.98. The molecule has 1 aromatic carbocycles. The number of ether oxygens (including phenoxy) is 1. The average Bonchev–Trinajstić information content (AvgIpc) is 2.61. The normalized spacial score (nSPS) is 23.2. The van der Waals surface area contributed by atoms with Crippen LogP contribution in [0.25, 0.3) is 0 Å². The topological polar surface area (TPSA) is 53.7 Å². The maximum Gasteiger partial charge on any atom is 0.499 e. The molecule has 19 heavy (non-hydrogen) atoms. The molecule has 2 aliphatic heterocycles. The summed E-state index contributed by atoms with van der Waals surface area (Å²) in [6.45, 7) is 7.06. The third kappa shape index (κ3) is 2.36. The van der Waals surface area contributed by atoms with Crippen LogP contribution >= 0.6 is 12.4 Å². The maximum absolute atomic E-state index is 6.01. The standard InChI is InChI=1S/C13H18BNO3.ClH/c1-8-4-5-9-12-11(8)10(6-15)17-14(12)18-13(2,3)7-16-9;/h4-5,10H,6-7,15H2,1-3H3;1H/t10-;/m1./s1. The van der Waals surface area contributed by atoms with Gasteiger partial charge in [0.25, 0.3) is 0 Å².